The van der Waals surface area contributed by atoms with E-state index in [9.17, 15) is 19.5 Å². The molecule has 188 valence electrons. The highest BCUT2D eigenvalue weighted by Crippen LogP contribution is 2.44. The van der Waals surface area contributed by atoms with E-state index in [1.165, 1.54) is 0 Å². The quantitative estimate of drug-likeness (QED) is 0.428. The van der Waals surface area contributed by atoms with Crippen LogP contribution in [-0.4, -0.2) is 42.8 Å². The van der Waals surface area contributed by atoms with E-state index in [1.54, 1.807) is 13.8 Å². The Morgan fingerprint density at radius 1 is 0.971 bits per heavy atom. The summed E-state index contributed by atoms with van der Waals surface area (Å²) < 4.78 is 5.58. The monoisotopic (exact) mass is 480 g/mol. The van der Waals surface area contributed by atoms with Crippen LogP contribution < -0.4 is 10.6 Å². The Morgan fingerprint density at radius 2 is 1.54 bits per heavy atom. The lowest BCUT2D eigenvalue weighted by molar-refractivity contribution is -0.147. The zero-order valence-corrected chi connectivity index (χ0v) is 21.0. The van der Waals surface area contributed by atoms with Gasteiger partial charge in [-0.2, -0.15) is 0 Å². The molecule has 0 aromatic heterocycles. The van der Waals surface area contributed by atoms with E-state index in [4.69, 9.17) is 4.74 Å². The Kier molecular flexibility index (Phi) is 8.54. The van der Waals surface area contributed by atoms with Gasteiger partial charge in [0.1, 0.15) is 6.61 Å². The van der Waals surface area contributed by atoms with Gasteiger partial charge in [0, 0.05) is 19.0 Å². The van der Waals surface area contributed by atoms with Crippen molar-refractivity contribution in [1.29, 1.82) is 0 Å². The van der Waals surface area contributed by atoms with Crippen LogP contribution in [0.25, 0.3) is 11.1 Å². The van der Waals surface area contributed by atoms with Crippen molar-refractivity contribution in [1.82, 2.24) is 10.6 Å². The van der Waals surface area contributed by atoms with Gasteiger partial charge in [0.25, 0.3) is 0 Å². The van der Waals surface area contributed by atoms with Crippen LogP contribution in [0.4, 0.5) is 4.79 Å². The fourth-order valence-corrected chi connectivity index (χ4v) is 4.46. The molecule has 1 aliphatic carbocycles. The molecule has 0 saturated heterocycles. The van der Waals surface area contributed by atoms with Crippen LogP contribution in [-0.2, 0) is 14.3 Å². The summed E-state index contributed by atoms with van der Waals surface area (Å²) in [5.74, 6) is -1.30. The van der Waals surface area contributed by atoms with Crippen molar-refractivity contribution in [2.24, 2.45) is 17.3 Å². The van der Waals surface area contributed by atoms with Crippen molar-refractivity contribution in [3.63, 3.8) is 0 Å². The summed E-state index contributed by atoms with van der Waals surface area (Å²) in [4.78, 5) is 36.5. The fourth-order valence-electron chi connectivity index (χ4n) is 4.46. The van der Waals surface area contributed by atoms with Gasteiger partial charge in [0.15, 0.2) is 0 Å². The number of fused-ring (bicyclic) bond motifs is 3. The first-order valence-electron chi connectivity index (χ1n) is 12.2. The standard InChI is InChI=1S/C28H36N2O5/c1-18(2)15-19(25(31)29-14-13-28(3,4)26(32)33)16-30-27(34)35-17-24-22-11-7-5-9-20(22)21-10-6-8-12-23(21)24/h5-12,18-19,24H,13-17H2,1-4H3,(H,29,31)(H,30,34)(H,32,33). The summed E-state index contributed by atoms with van der Waals surface area (Å²) in [7, 11) is 0. The van der Waals surface area contributed by atoms with Gasteiger partial charge in [-0.3, -0.25) is 9.59 Å². The Morgan fingerprint density at radius 3 is 2.09 bits per heavy atom. The normalized spacial score (nSPS) is 13.6. The van der Waals surface area contributed by atoms with Gasteiger partial charge in [-0.05, 0) is 54.9 Å². The summed E-state index contributed by atoms with van der Waals surface area (Å²) in [6, 6.07) is 16.3. The number of nitrogens with one attached hydrogen (secondary N) is 2. The molecule has 7 nitrogen and oxygen atoms in total. The molecule has 3 N–H and O–H groups in total. The number of alkyl carbamates (subject to hydrolysis) is 1. The van der Waals surface area contributed by atoms with E-state index < -0.39 is 23.4 Å². The number of carboxylic acids is 1. The minimum absolute atomic E-state index is 0.0273. The highest BCUT2D eigenvalue weighted by Gasteiger charge is 2.30. The summed E-state index contributed by atoms with van der Waals surface area (Å²) >= 11 is 0. The maximum Gasteiger partial charge on any atom is 0.407 e. The van der Waals surface area contributed by atoms with Gasteiger partial charge in [-0.15, -0.1) is 0 Å². The van der Waals surface area contributed by atoms with Crippen LogP contribution in [0.5, 0.6) is 0 Å². The molecule has 35 heavy (non-hydrogen) atoms. The number of carbonyl (C=O) groups is 3. The molecule has 0 bridgehead atoms. The van der Waals surface area contributed by atoms with Crippen LogP contribution in [0.1, 0.15) is 57.6 Å². The summed E-state index contributed by atoms with van der Waals surface area (Å²) in [6.07, 6.45) is 0.362. The van der Waals surface area contributed by atoms with Crippen molar-refractivity contribution >= 4 is 18.0 Å². The minimum atomic E-state index is -0.916. The van der Waals surface area contributed by atoms with Gasteiger partial charge < -0.3 is 20.5 Å². The van der Waals surface area contributed by atoms with Crippen molar-refractivity contribution in [2.75, 3.05) is 19.7 Å². The average molecular weight is 481 g/mol. The highest BCUT2D eigenvalue weighted by molar-refractivity contribution is 5.80. The molecular formula is C28H36N2O5. The molecule has 0 fully saturated rings. The Hall–Kier alpha value is -3.35. The average Bonchev–Trinajstić information content (AvgIpc) is 3.13. The molecule has 2 aromatic carbocycles. The minimum Gasteiger partial charge on any atom is -0.481 e. The van der Waals surface area contributed by atoms with Crippen LogP contribution >= 0.6 is 0 Å². The summed E-state index contributed by atoms with van der Waals surface area (Å²) in [5, 5.41) is 14.8. The van der Waals surface area contributed by atoms with Gasteiger partial charge >= 0.3 is 12.1 Å². The third kappa shape index (κ3) is 6.62. The third-order valence-corrected chi connectivity index (χ3v) is 6.59. The Labute approximate surface area is 207 Å². The molecule has 0 spiro atoms. The first-order chi connectivity index (χ1) is 16.6. The van der Waals surface area contributed by atoms with Crippen LogP contribution in [0.15, 0.2) is 48.5 Å². The summed E-state index contributed by atoms with van der Waals surface area (Å²) in [5.41, 5.74) is 3.69. The van der Waals surface area contributed by atoms with Crippen LogP contribution in [0, 0.1) is 17.3 Å². The number of ether oxygens (including phenoxy) is 1. The molecule has 3 rings (SSSR count). The van der Waals surface area contributed by atoms with Crippen molar-refractivity contribution in [2.45, 2.75) is 46.5 Å². The fraction of sp³-hybridized carbons (Fsp3) is 0.464. The first-order valence-corrected chi connectivity index (χ1v) is 12.2. The second kappa shape index (κ2) is 11.4. The molecule has 7 heteroatoms. The largest absolute Gasteiger partial charge is 0.481 e. The second-order valence-corrected chi connectivity index (χ2v) is 10.3. The third-order valence-electron chi connectivity index (χ3n) is 6.59. The Bertz CT molecular complexity index is 1020. The number of hydrogen-bond donors (Lipinski definition) is 3. The molecule has 2 amide bonds. The molecule has 1 unspecified atom stereocenters. The number of amides is 2. The van der Waals surface area contributed by atoms with E-state index in [2.05, 4.69) is 34.9 Å². The van der Waals surface area contributed by atoms with Crippen molar-refractivity contribution in [3.8, 4) is 11.1 Å². The van der Waals surface area contributed by atoms with Crippen molar-refractivity contribution < 1.29 is 24.2 Å². The molecule has 2 aromatic rings. The molecule has 1 aliphatic rings. The molecule has 1 atom stereocenters. The number of benzene rings is 2. The van der Waals surface area contributed by atoms with Gasteiger partial charge in [-0.25, -0.2) is 4.79 Å². The van der Waals surface area contributed by atoms with E-state index in [1.807, 2.05) is 38.1 Å². The predicted octanol–water partition coefficient (Wildman–Crippen LogP) is 4.80. The molecule has 0 aliphatic heterocycles. The molecule has 0 saturated carbocycles. The molecule has 0 heterocycles. The maximum atomic E-state index is 12.7. The smallest absolute Gasteiger partial charge is 0.407 e. The maximum absolute atomic E-state index is 12.7. The van der Waals surface area contributed by atoms with Crippen LogP contribution in [0.2, 0.25) is 0 Å². The lowest BCUT2D eigenvalue weighted by Gasteiger charge is -2.22. The van der Waals surface area contributed by atoms with Crippen LogP contribution in [0.3, 0.4) is 0 Å². The number of hydrogen-bond acceptors (Lipinski definition) is 4. The Balaban J connectivity index is 1.54. The zero-order valence-electron chi connectivity index (χ0n) is 21.0. The molecule has 0 radical (unpaired) electrons. The SMILES string of the molecule is CC(C)CC(CNC(=O)OCC1c2ccccc2-c2ccccc21)C(=O)NCCC(C)(C)C(=O)O. The van der Waals surface area contributed by atoms with Crippen molar-refractivity contribution in [3.05, 3.63) is 59.7 Å². The second-order valence-electron chi connectivity index (χ2n) is 10.3. The topological polar surface area (TPSA) is 105 Å². The van der Waals surface area contributed by atoms with E-state index >= 15 is 0 Å². The van der Waals surface area contributed by atoms with E-state index in [0.717, 1.165) is 22.3 Å². The predicted molar refractivity (Wildman–Crippen MR) is 135 cm³/mol. The van der Waals surface area contributed by atoms with E-state index in [-0.39, 0.29) is 37.4 Å². The van der Waals surface area contributed by atoms with E-state index in [0.29, 0.717) is 12.8 Å². The zero-order chi connectivity index (χ0) is 25.6. The summed E-state index contributed by atoms with van der Waals surface area (Å²) in [6.45, 7) is 7.92. The van der Waals surface area contributed by atoms with Gasteiger partial charge in [-0.1, -0.05) is 62.4 Å². The first kappa shape index (κ1) is 26.3. The molecular weight excluding hydrogens is 444 g/mol. The number of aliphatic carboxylic acids is 1. The van der Waals surface area contributed by atoms with Gasteiger partial charge in [0.05, 0.1) is 11.3 Å². The number of carboxylic acid groups (broad SMARTS) is 1. The highest BCUT2D eigenvalue weighted by atomic mass is 16.5. The lowest BCUT2D eigenvalue weighted by atomic mass is 9.89. The van der Waals surface area contributed by atoms with Gasteiger partial charge in [0.2, 0.25) is 5.91 Å². The number of carbonyl (C=O) groups excluding carboxylic acids is 2. The lowest BCUT2D eigenvalue weighted by Crippen LogP contribution is -2.41. The number of rotatable bonds is 11.